The predicted octanol–water partition coefficient (Wildman–Crippen LogP) is 2.30. The number of amides is 1. The lowest BCUT2D eigenvalue weighted by atomic mass is 10.0. The number of anilines is 2. The van der Waals surface area contributed by atoms with Gasteiger partial charge in [0.2, 0.25) is 0 Å². The largest absolute Gasteiger partial charge is 0.394 e. The van der Waals surface area contributed by atoms with Crippen LogP contribution in [0.1, 0.15) is 30.6 Å². The number of benzene rings is 1. The van der Waals surface area contributed by atoms with Crippen molar-refractivity contribution in [2.24, 2.45) is 13.0 Å². The molecule has 23 heavy (non-hydrogen) atoms. The number of carbonyl (C=O) groups excluding carboxylic acids is 1. The van der Waals surface area contributed by atoms with Crippen molar-refractivity contribution in [2.45, 2.75) is 26.3 Å². The lowest BCUT2D eigenvalue weighted by molar-refractivity contribution is 0.0908. The molecule has 1 aromatic carbocycles. The standard InChI is InChI=1S/C17H24N4O2/c1-12(2)7-15(11-22)20-17(23)13-5-4-6-14(8-13)19-16-9-18-21(3)10-16/h4-6,8-10,12,15,19,22H,7,11H2,1-3H3,(H,20,23). The van der Waals surface area contributed by atoms with Crippen molar-refractivity contribution in [3.8, 4) is 0 Å². The Balaban J connectivity index is 2.04. The van der Waals surface area contributed by atoms with Crippen molar-refractivity contribution < 1.29 is 9.90 Å². The zero-order valence-electron chi connectivity index (χ0n) is 13.8. The maximum Gasteiger partial charge on any atom is 0.251 e. The molecular formula is C17H24N4O2. The van der Waals surface area contributed by atoms with Gasteiger partial charge in [0.05, 0.1) is 24.5 Å². The summed E-state index contributed by atoms with van der Waals surface area (Å²) in [4.78, 5) is 12.3. The normalized spacial score (nSPS) is 12.2. The van der Waals surface area contributed by atoms with Gasteiger partial charge >= 0.3 is 0 Å². The fourth-order valence-electron chi connectivity index (χ4n) is 2.41. The van der Waals surface area contributed by atoms with Gasteiger partial charge in [0.1, 0.15) is 0 Å². The highest BCUT2D eigenvalue weighted by molar-refractivity contribution is 5.95. The first-order valence-electron chi connectivity index (χ1n) is 7.75. The second-order valence-corrected chi connectivity index (χ2v) is 6.09. The van der Waals surface area contributed by atoms with Crippen LogP contribution in [0.25, 0.3) is 0 Å². The second kappa shape index (κ2) is 7.78. The van der Waals surface area contributed by atoms with Gasteiger partial charge in [-0.1, -0.05) is 19.9 Å². The molecule has 0 aliphatic rings. The molecule has 1 amide bonds. The Labute approximate surface area is 136 Å². The van der Waals surface area contributed by atoms with E-state index in [-0.39, 0.29) is 18.6 Å². The highest BCUT2D eigenvalue weighted by Crippen LogP contribution is 2.17. The second-order valence-electron chi connectivity index (χ2n) is 6.09. The number of aliphatic hydroxyl groups excluding tert-OH is 1. The van der Waals surface area contributed by atoms with Crippen molar-refractivity contribution in [3.05, 3.63) is 42.2 Å². The van der Waals surface area contributed by atoms with Gasteiger partial charge < -0.3 is 15.7 Å². The number of nitrogens with one attached hydrogen (secondary N) is 2. The fraction of sp³-hybridized carbons (Fsp3) is 0.412. The zero-order chi connectivity index (χ0) is 16.8. The van der Waals surface area contributed by atoms with Crippen molar-refractivity contribution in [1.82, 2.24) is 15.1 Å². The van der Waals surface area contributed by atoms with E-state index in [0.29, 0.717) is 11.5 Å². The number of aromatic nitrogens is 2. The lowest BCUT2D eigenvalue weighted by Gasteiger charge is -2.18. The van der Waals surface area contributed by atoms with Gasteiger partial charge in [-0.3, -0.25) is 9.48 Å². The molecule has 124 valence electrons. The van der Waals surface area contributed by atoms with Gasteiger partial charge in [-0.25, -0.2) is 0 Å². The van der Waals surface area contributed by atoms with E-state index < -0.39 is 0 Å². The van der Waals surface area contributed by atoms with E-state index in [1.165, 1.54) is 0 Å². The predicted molar refractivity (Wildman–Crippen MR) is 90.7 cm³/mol. The van der Waals surface area contributed by atoms with Crippen LogP contribution in [0.15, 0.2) is 36.7 Å². The first-order chi connectivity index (χ1) is 11.0. The fourth-order valence-corrected chi connectivity index (χ4v) is 2.41. The third-order valence-electron chi connectivity index (χ3n) is 3.43. The summed E-state index contributed by atoms with van der Waals surface area (Å²) in [6.07, 6.45) is 4.32. The van der Waals surface area contributed by atoms with E-state index >= 15 is 0 Å². The van der Waals surface area contributed by atoms with Crippen molar-refractivity contribution in [1.29, 1.82) is 0 Å². The number of nitrogens with zero attached hydrogens (tertiary/aromatic N) is 2. The minimum absolute atomic E-state index is 0.0580. The number of hydrogen-bond donors (Lipinski definition) is 3. The van der Waals surface area contributed by atoms with Gasteiger partial charge in [0.15, 0.2) is 0 Å². The molecule has 1 atom stereocenters. The summed E-state index contributed by atoms with van der Waals surface area (Å²) in [6, 6.07) is 7.03. The van der Waals surface area contributed by atoms with Crippen molar-refractivity contribution >= 4 is 17.3 Å². The van der Waals surface area contributed by atoms with E-state index in [9.17, 15) is 9.90 Å². The molecule has 2 rings (SSSR count). The third kappa shape index (κ3) is 5.10. The number of aryl methyl sites for hydroxylation is 1. The summed E-state index contributed by atoms with van der Waals surface area (Å²) in [5.41, 5.74) is 2.23. The Kier molecular flexibility index (Phi) is 5.76. The van der Waals surface area contributed by atoms with E-state index in [1.807, 2.05) is 25.4 Å². The molecule has 0 saturated heterocycles. The Morgan fingerprint density at radius 2 is 2.13 bits per heavy atom. The molecule has 0 spiro atoms. The quantitative estimate of drug-likeness (QED) is 0.732. The number of rotatable bonds is 7. The summed E-state index contributed by atoms with van der Waals surface area (Å²) in [5.74, 6) is 0.227. The van der Waals surface area contributed by atoms with Crippen LogP contribution in [0.2, 0.25) is 0 Å². The highest BCUT2D eigenvalue weighted by atomic mass is 16.3. The maximum absolute atomic E-state index is 12.3. The Morgan fingerprint density at radius 1 is 1.35 bits per heavy atom. The van der Waals surface area contributed by atoms with Gasteiger partial charge in [-0.15, -0.1) is 0 Å². The third-order valence-corrected chi connectivity index (χ3v) is 3.43. The number of carbonyl (C=O) groups is 1. The topological polar surface area (TPSA) is 79.2 Å². The molecular weight excluding hydrogens is 292 g/mol. The van der Waals surface area contributed by atoms with Crippen LogP contribution in [0.5, 0.6) is 0 Å². The van der Waals surface area contributed by atoms with E-state index in [2.05, 4.69) is 29.6 Å². The average Bonchev–Trinajstić information content (AvgIpc) is 2.91. The average molecular weight is 316 g/mol. The van der Waals surface area contributed by atoms with Crippen LogP contribution < -0.4 is 10.6 Å². The molecule has 0 radical (unpaired) electrons. The van der Waals surface area contributed by atoms with Crippen LogP contribution in [0.4, 0.5) is 11.4 Å². The Bertz CT molecular complexity index is 652. The smallest absolute Gasteiger partial charge is 0.251 e. The van der Waals surface area contributed by atoms with E-state index in [4.69, 9.17) is 0 Å². The van der Waals surface area contributed by atoms with Crippen LogP contribution in [0, 0.1) is 5.92 Å². The summed E-state index contributed by atoms with van der Waals surface area (Å²) in [6.45, 7) is 4.07. The molecule has 0 fully saturated rings. The molecule has 0 saturated carbocycles. The van der Waals surface area contributed by atoms with Crippen LogP contribution in [-0.2, 0) is 7.05 Å². The molecule has 1 unspecified atom stereocenters. The summed E-state index contributed by atoms with van der Waals surface area (Å²) >= 11 is 0. The van der Waals surface area contributed by atoms with E-state index in [0.717, 1.165) is 17.8 Å². The van der Waals surface area contributed by atoms with Crippen LogP contribution in [-0.4, -0.2) is 33.4 Å². The molecule has 0 aliphatic heterocycles. The first kappa shape index (κ1) is 17.0. The maximum atomic E-state index is 12.3. The summed E-state index contributed by atoms with van der Waals surface area (Å²) in [7, 11) is 1.85. The molecule has 6 heteroatoms. The first-order valence-corrected chi connectivity index (χ1v) is 7.75. The number of aliphatic hydroxyl groups is 1. The van der Waals surface area contributed by atoms with Gasteiger partial charge in [0.25, 0.3) is 5.91 Å². The molecule has 1 aromatic heterocycles. The lowest BCUT2D eigenvalue weighted by Crippen LogP contribution is -2.38. The molecule has 0 bridgehead atoms. The Morgan fingerprint density at radius 3 is 2.74 bits per heavy atom. The monoisotopic (exact) mass is 316 g/mol. The highest BCUT2D eigenvalue weighted by Gasteiger charge is 2.14. The van der Waals surface area contributed by atoms with Gasteiger partial charge in [-0.05, 0) is 30.5 Å². The van der Waals surface area contributed by atoms with Crippen LogP contribution >= 0.6 is 0 Å². The van der Waals surface area contributed by atoms with Crippen molar-refractivity contribution in [3.63, 3.8) is 0 Å². The molecule has 1 heterocycles. The summed E-state index contributed by atoms with van der Waals surface area (Å²) in [5, 5.41) is 19.6. The van der Waals surface area contributed by atoms with Gasteiger partial charge in [0, 0.05) is 24.5 Å². The molecule has 6 nitrogen and oxygen atoms in total. The van der Waals surface area contributed by atoms with Crippen LogP contribution in [0.3, 0.4) is 0 Å². The Hall–Kier alpha value is -2.34. The SMILES string of the molecule is CC(C)CC(CO)NC(=O)c1cccc(Nc2cnn(C)c2)c1. The minimum Gasteiger partial charge on any atom is -0.394 e. The number of hydrogen-bond acceptors (Lipinski definition) is 4. The summed E-state index contributed by atoms with van der Waals surface area (Å²) < 4.78 is 1.71. The molecule has 2 aromatic rings. The molecule has 0 aliphatic carbocycles. The zero-order valence-corrected chi connectivity index (χ0v) is 13.8. The minimum atomic E-state index is -0.225. The molecule has 3 N–H and O–H groups in total. The van der Waals surface area contributed by atoms with Crippen molar-refractivity contribution in [2.75, 3.05) is 11.9 Å². The van der Waals surface area contributed by atoms with Gasteiger partial charge in [-0.2, -0.15) is 5.10 Å². The van der Waals surface area contributed by atoms with E-state index in [1.54, 1.807) is 23.0 Å².